The summed E-state index contributed by atoms with van der Waals surface area (Å²) in [7, 11) is 0. The first-order valence-electron chi connectivity index (χ1n) is 16.3. The first-order valence-corrected chi connectivity index (χ1v) is 16.3. The van der Waals surface area contributed by atoms with Crippen molar-refractivity contribution in [1.82, 2.24) is 0 Å². The first-order chi connectivity index (χ1) is 24.9. The Morgan fingerprint density at radius 1 is 0.712 bits per heavy atom. The Hall–Kier alpha value is -3.83. The Kier molecular flexibility index (Phi) is 13.1. The van der Waals surface area contributed by atoms with Crippen LogP contribution in [0.5, 0.6) is 28.7 Å². The minimum atomic E-state index is -1.98. The molecule has 0 bridgehead atoms. The number of phenols is 1. The zero-order chi connectivity index (χ0) is 37.7. The smallest absolute Gasteiger partial charge is 0.239 e. The van der Waals surface area contributed by atoms with Crippen LogP contribution in [0.2, 0.25) is 0 Å². The molecular weight excluding hydrogens is 700 g/mol. The Bertz CT molecular complexity index is 1700. The fourth-order valence-corrected chi connectivity index (χ4v) is 5.60. The molecule has 0 radical (unpaired) electrons. The molecule has 2 aliphatic rings. The molecule has 2 fully saturated rings. The lowest BCUT2D eigenvalue weighted by Crippen LogP contribution is -2.61. The average molecular weight is 743 g/mol. The molecule has 10 N–H and O–H groups in total. The van der Waals surface area contributed by atoms with E-state index >= 15 is 0 Å². The lowest BCUT2D eigenvalue weighted by Gasteiger charge is -2.42. The summed E-state index contributed by atoms with van der Waals surface area (Å²) in [6.45, 7) is -0.648. The first kappa shape index (κ1) is 39.4. The zero-order valence-corrected chi connectivity index (χ0v) is 27.8. The summed E-state index contributed by atoms with van der Waals surface area (Å²) in [4.78, 5) is 14.1. The summed E-state index contributed by atoms with van der Waals surface area (Å²) in [5.74, 6) is -1.31. The molecule has 10 atom stereocenters. The van der Waals surface area contributed by atoms with E-state index in [1.807, 2.05) is 0 Å². The van der Waals surface area contributed by atoms with Gasteiger partial charge in [0.1, 0.15) is 85.0 Å². The number of rotatable bonds is 15. The van der Waals surface area contributed by atoms with Crippen LogP contribution < -0.4 is 24.4 Å². The molecule has 0 amide bonds. The monoisotopic (exact) mass is 742 g/mol. The normalized spacial score (nSPS) is 29.2. The third kappa shape index (κ3) is 8.36. The third-order valence-corrected chi connectivity index (χ3v) is 8.31. The standard InChI is InChI=1S/C33H42O19/c1-14-23(38)26(41)28(43)32(49-14)48-13-21-24(39)27(42)29(44)33(51-21)52-31-25(40)22-17(37)11-16(45-7-4-34)12-20(22)50-30(31)15-2-3-18(46-8-5-35)19(10-15)47-9-6-36/h2-3,10-12,14,21,23-24,26-29,32-39,41-44H,4-9,13H2,1H3/t14-,21+,23-,24+,26+,27-,28+,29+,32+,33?/m0/s1. The maximum Gasteiger partial charge on any atom is 0.239 e. The topological polar surface area (TPSA) is 297 Å². The van der Waals surface area contributed by atoms with Crippen LogP contribution >= 0.6 is 0 Å². The lowest BCUT2D eigenvalue weighted by atomic mass is 9.98. The minimum Gasteiger partial charge on any atom is -0.507 e. The number of hydrogen-bond acceptors (Lipinski definition) is 19. The molecule has 5 rings (SSSR count). The lowest BCUT2D eigenvalue weighted by molar-refractivity contribution is -0.318. The molecule has 1 aromatic heterocycles. The second-order valence-corrected chi connectivity index (χ2v) is 11.9. The summed E-state index contributed by atoms with van der Waals surface area (Å²) in [5.41, 5.74) is -1.08. The van der Waals surface area contributed by atoms with E-state index in [0.29, 0.717) is 0 Å². The van der Waals surface area contributed by atoms with Crippen LogP contribution in [0, 0.1) is 0 Å². The van der Waals surface area contributed by atoms with Gasteiger partial charge in [-0.15, -0.1) is 0 Å². The van der Waals surface area contributed by atoms with Crippen LogP contribution in [-0.2, 0) is 14.2 Å². The van der Waals surface area contributed by atoms with Crippen LogP contribution in [0.1, 0.15) is 6.92 Å². The van der Waals surface area contributed by atoms with Gasteiger partial charge < -0.3 is 88.6 Å². The van der Waals surface area contributed by atoms with E-state index in [2.05, 4.69) is 0 Å². The van der Waals surface area contributed by atoms with Crippen LogP contribution in [0.3, 0.4) is 0 Å². The molecule has 2 aromatic carbocycles. The SMILES string of the molecule is C[C@@H]1O[C@@H](OC[C@H]2OC(Oc3c(-c4ccc(OCCO)c(OCCO)c4)oc4cc(OCCO)cc(O)c4c3=O)[C@H](O)[C@@H](O)[C@@H]2O)[C@H](O)[C@H](O)[C@H]1O. The summed E-state index contributed by atoms with van der Waals surface area (Å²) in [6, 6.07) is 6.59. The van der Waals surface area contributed by atoms with Gasteiger partial charge in [0, 0.05) is 17.7 Å². The second-order valence-electron chi connectivity index (χ2n) is 11.9. The van der Waals surface area contributed by atoms with Crippen LogP contribution in [-0.4, -0.2) is 159 Å². The van der Waals surface area contributed by atoms with Gasteiger partial charge in [0.2, 0.25) is 17.5 Å². The maximum atomic E-state index is 14.1. The van der Waals surface area contributed by atoms with Crippen molar-refractivity contribution in [3.8, 4) is 40.1 Å². The fourth-order valence-electron chi connectivity index (χ4n) is 5.60. The van der Waals surface area contributed by atoms with E-state index in [0.717, 1.165) is 6.07 Å². The molecule has 19 nitrogen and oxygen atoms in total. The molecule has 0 aliphatic carbocycles. The van der Waals surface area contributed by atoms with Gasteiger partial charge in [-0.05, 0) is 25.1 Å². The van der Waals surface area contributed by atoms with Crippen LogP contribution in [0.4, 0.5) is 0 Å². The van der Waals surface area contributed by atoms with Crippen LogP contribution in [0.25, 0.3) is 22.3 Å². The van der Waals surface area contributed by atoms with E-state index in [1.165, 1.54) is 31.2 Å². The van der Waals surface area contributed by atoms with Crippen LogP contribution in [0.15, 0.2) is 39.5 Å². The molecule has 0 saturated carbocycles. The molecule has 288 valence electrons. The van der Waals surface area contributed by atoms with Crippen molar-refractivity contribution < 1.29 is 88.6 Å². The number of phenolic OH excluding ortho intramolecular Hbond substituents is 1. The molecule has 2 saturated heterocycles. The molecule has 0 spiro atoms. The second kappa shape index (κ2) is 17.3. The number of aliphatic hydroxyl groups is 9. The third-order valence-electron chi connectivity index (χ3n) is 8.31. The van der Waals surface area contributed by atoms with E-state index in [-0.39, 0.29) is 79.2 Å². The van der Waals surface area contributed by atoms with Crippen molar-refractivity contribution in [3.63, 3.8) is 0 Å². The van der Waals surface area contributed by atoms with Gasteiger partial charge in [0.25, 0.3) is 0 Å². The van der Waals surface area contributed by atoms with E-state index < -0.39 is 84.9 Å². The van der Waals surface area contributed by atoms with Crippen molar-refractivity contribution in [1.29, 1.82) is 0 Å². The Balaban J connectivity index is 1.53. The molecule has 2 aliphatic heterocycles. The summed E-state index contributed by atoms with van der Waals surface area (Å²) in [5, 5.41) is 101. The molecule has 1 unspecified atom stereocenters. The van der Waals surface area contributed by atoms with Gasteiger partial charge in [-0.25, -0.2) is 0 Å². The molecule has 52 heavy (non-hydrogen) atoms. The summed E-state index contributed by atoms with van der Waals surface area (Å²) >= 11 is 0. The minimum absolute atomic E-state index is 0.0380. The molecule has 3 aromatic rings. The van der Waals surface area contributed by atoms with Crippen molar-refractivity contribution in [2.45, 2.75) is 68.3 Å². The van der Waals surface area contributed by atoms with Crippen molar-refractivity contribution in [2.75, 3.05) is 46.2 Å². The van der Waals surface area contributed by atoms with Gasteiger partial charge in [-0.2, -0.15) is 0 Å². The quantitative estimate of drug-likeness (QED) is 0.0758. The summed E-state index contributed by atoms with van der Waals surface area (Å²) < 4.78 is 45.1. The Labute approximate surface area is 294 Å². The largest absolute Gasteiger partial charge is 0.507 e. The predicted octanol–water partition coefficient (Wildman–Crippen LogP) is -2.69. The number of aliphatic hydroxyl groups excluding tert-OH is 9. The van der Waals surface area contributed by atoms with Gasteiger partial charge >= 0.3 is 0 Å². The van der Waals surface area contributed by atoms with Gasteiger partial charge in [0.15, 0.2) is 23.5 Å². The van der Waals surface area contributed by atoms with Crippen molar-refractivity contribution in [3.05, 3.63) is 40.6 Å². The highest BCUT2D eigenvalue weighted by atomic mass is 16.7. The summed E-state index contributed by atoms with van der Waals surface area (Å²) in [6.07, 6.45) is -16.3. The zero-order valence-electron chi connectivity index (χ0n) is 27.8. The Morgan fingerprint density at radius 2 is 1.35 bits per heavy atom. The number of ether oxygens (including phenoxy) is 7. The highest BCUT2D eigenvalue weighted by Crippen LogP contribution is 2.40. The molecular formula is C33H42O19. The number of benzene rings is 2. The van der Waals surface area contributed by atoms with Gasteiger partial charge in [-0.3, -0.25) is 4.79 Å². The number of fused-ring (bicyclic) bond motifs is 1. The maximum absolute atomic E-state index is 14.1. The Morgan fingerprint density at radius 3 is 2.04 bits per heavy atom. The van der Waals surface area contributed by atoms with E-state index in [4.69, 9.17) is 37.6 Å². The fraction of sp³-hybridized carbons (Fsp3) is 0.545. The van der Waals surface area contributed by atoms with Gasteiger partial charge in [0.05, 0.1) is 32.5 Å². The van der Waals surface area contributed by atoms with E-state index in [9.17, 15) is 55.9 Å². The number of hydrogen-bond donors (Lipinski definition) is 10. The van der Waals surface area contributed by atoms with Crippen molar-refractivity contribution in [2.24, 2.45) is 0 Å². The highest BCUT2D eigenvalue weighted by Gasteiger charge is 2.48. The molecule has 3 heterocycles. The highest BCUT2D eigenvalue weighted by molar-refractivity contribution is 5.88. The van der Waals surface area contributed by atoms with Crippen molar-refractivity contribution >= 4 is 11.0 Å². The number of aromatic hydroxyl groups is 1. The predicted molar refractivity (Wildman–Crippen MR) is 173 cm³/mol. The molecule has 19 heteroatoms. The average Bonchev–Trinajstić information content (AvgIpc) is 3.13. The van der Waals surface area contributed by atoms with Gasteiger partial charge in [-0.1, -0.05) is 0 Å². The van der Waals surface area contributed by atoms with E-state index in [1.54, 1.807) is 0 Å².